The van der Waals surface area contributed by atoms with E-state index in [9.17, 15) is 0 Å². The standard InChI is InChI=1S/C5H10NP/c1-2-3-4-6-5-7/h6H,2-4H2,1H3. The van der Waals surface area contributed by atoms with Gasteiger partial charge in [0.15, 0.2) is 0 Å². The van der Waals surface area contributed by atoms with Gasteiger partial charge in [-0.3, -0.25) is 0 Å². The second kappa shape index (κ2) is 6.17. The van der Waals surface area contributed by atoms with Gasteiger partial charge < -0.3 is 0 Å². The minimum atomic E-state index is 1.00. The third-order valence-corrected chi connectivity index (χ3v) is 0.893. The fourth-order valence-electron chi connectivity index (χ4n) is 0.321. The van der Waals surface area contributed by atoms with E-state index in [4.69, 9.17) is 0 Å². The molecule has 1 N–H and O–H groups in total. The van der Waals surface area contributed by atoms with Crippen LogP contribution in [-0.2, 0) is 0 Å². The van der Waals surface area contributed by atoms with Crippen LogP contribution < -0.4 is 5.32 Å². The Bertz CT molecular complexity index is 65.0. The molecule has 0 aliphatic heterocycles. The molecule has 0 aliphatic carbocycles. The molecule has 0 aromatic rings. The van der Waals surface area contributed by atoms with Crippen LogP contribution in [0.4, 0.5) is 0 Å². The third-order valence-electron chi connectivity index (χ3n) is 0.734. The Morgan fingerprint density at radius 1 is 1.71 bits per heavy atom. The molecule has 0 atom stereocenters. The Balaban J connectivity index is 2.60. The van der Waals surface area contributed by atoms with E-state index in [1.54, 1.807) is 0 Å². The summed E-state index contributed by atoms with van der Waals surface area (Å²) in [4.78, 5) is 0. The van der Waals surface area contributed by atoms with Gasteiger partial charge in [-0.1, -0.05) is 0 Å². The van der Waals surface area contributed by atoms with E-state index in [0.717, 1.165) is 6.54 Å². The van der Waals surface area contributed by atoms with Crippen molar-refractivity contribution < 1.29 is 0 Å². The summed E-state index contributed by atoms with van der Waals surface area (Å²) >= 11 is 0. The molecule has 0 saturated heterocycles. The molecule has 0 rings (SSSR count). The minimum absolute atomic E-state index is 1.00. The van der Waals surface area contributed by atoms with Crippen LogP contribution in [0.5, 0.6) is 0 Å². The number of unbranched alkanes of at least 4 members (excludes halogenated alkanes) is 1. The van der Waals surface area contributed by atoms with Crippen molar-refractivity contribution in [3.05, 3.63) is 0 Å². The zero-order chi connectivity index (χ0) is 5.54. The van der Waals surface area contributed by atoms with Crippen LogP contribution in [0.15, 0.2) is 0 Å². The Labute approximate surface area is 47.0 Å². The maximum absolute atomic E-state index is 3.73. The zero-order valence-corrected chi connectivity index (χ0v) is 5.46. The predicted molar refractivity (Wildman–Crippen MR) is 33.7 cm³/mol. The molecule has 0 aromatic heterocycles. The van der Waals surface area contributed by atoms with Gasteiger partial charge in [-0.15, -0.1) is 0 Å². The monoisotopic (exact) mass is 115 g/mol. The van der Waals surface area contributed by atoms with Crippen LogP contribution in [0.2, 0.25) is 0 Å². The summed E-state index contributed by atoms with van der Waals surface area (Å²) in [7, 11) is 3.73. The second-order valence-electron chi connectivity index (χ2n) is 1.39. The predicted octanol–water partition coefficient (Wildman–Crippen LogP) is 1.70. The van der Waals surface area contributed by atoms with Gasteiger partial charge >= 0.3 is 46.1 Å². The molecule has 0 radical (unpaired) electrons. The molecule has 7 heavy (non-hydrogen) atoms. The van der Waals surface area contributed by atoms with Gasteiger partial charge in [-0.05, 0) is 0 Å². The summed E-state index contributed by atoms with van der Waals surface area (Å²) < 4.78 is 0. The van der Waals surface area contributed by atoms with Crippen molar-refractivity contribution in [3.8, 4) is 5.75 Å². The summed E-state index contributed by atoms with van der Waals surface area (Å²) in [5.74, 6) is 2.55. The molecule has 0 bridgehead atoms. The summed E-state index contributed by atoms with van der Waals surface area (Å²) in [5, 5.41) is 2.86. The average molecular weight is 115 g/mol. The molecule has 0 unspecified atom stereocenters. The van der Waals surface area contributed by atoms with E-state index < -0.39 is 0 Å². The first-order valence-electron chi connectivity index (χ1n) is 2.53. The van der Waals surface area contributed by atoms with E-state index in [2.05, 4.69) is 26.7 Å². The molecule has 40 valence electrons. The molecule has 0 amide bonds. The normalized spacial score (nSPS) is 8.00. The van der Waals surface area contributed by atoms with Crippen molar-refractivity contribution in [2.24, 2.45) is 0 Å². The fourth-order valence-corrected chi connectivity index (χ4v) is 0.433. The zero-order valence-electron chi connectivity index (χ0n) is 4.57. The Morgan fingerprint density at radius 3 is 2.86 bits per heavy atom. The fraction of sp³-hybridized carbons (Fsp3) is 0.800. The van der Waals surface area contributed by atoms with Gasteiger partial charge in [0.2, 0.25) is 0 Å². The first-order chi connectivity index (χ1) is 3.41. The van der Waals surface area contributed by atoms with Crippen molar-refractivity contribution in [2.75, 3.05) is 6.54 Å². The van der Waals surface area contributed by atoms with Crippen molar-refractivity contribution in [2.45, 2.75) is 19.8 Å². The summed E-state index contributed by atoms with van der Waals surface area (Å²) in [6.45, 7) is 3.15. The van der Waals surface area contributed by atoms with Crippen molar-refractivity contribution in [1.29, 1.82) is 0 Å². The van der Waals surface area contributed by atoms with Gasteiger partial charge in [0.25, 0.3) is 0 Å². The van der Waals surface area contributed by atoms with Crippen LogP contribution in [0.3, 0.4) is 0 Å². The topological polar surface area (TPSA) is 12.0 Å². The van der Waals surface area contributed by atoms with E-state index in [0.29, 0.717) is 0 Å². The summed E-state index contributed by atoms with van der Waals surface area (Å²) in [6, 6.07) is 0. The Hall–Kier alpha value is 0.170. The van der Waals surface area contributed by atoms with E-state index in [-0.39, 0.29) is 0 Å². The van der Waals surface area contributed by atoms with Crippen molar-refractivity contribution >= 4 is 8.70 Å². The SMILES string of the molecule is CCCCNC#P. The van der Waals surface area contributed by atoms with Gasteiger partial charge in [0, 0.05) is 0 Å². The molecule has 0 spiro atoms. The number of hydrogen-bond donors (Lipinski definition) is 1. The Kier molecular flexibility index (Phi) is 6.32. The van der Waals surface area contributed by atoms with Gasteiger partial charge in [-0.25, -0.2) is 0 Å². The van der Waals surface area contributed by atoms with Crippen molar-refractivity contribution in [1.82, 2.24) is 5.32 Å². The molecule has 1 nitrogen and oxygen atoms in total. The first kappa shape index (κ1) is 7.17. The van der Waals surface area contributed by atoms with Crippen LogP contribution in [-0.4, -0.2) is 6.54 Å². The van der Waals surface area contributed by atoms with Gasteiger partial charge in [-0.2, -0.15) is 0 Å². The van der Waals surface area contributed by atoms with Crippen LogP contribution in [0.1, 0.15) is 19.8 Å². The number of nitrogens with one attached hydrogen (secondary N) is 1. The maximum atomic E-state index is 3.73. The van der Waals surface area contributed by atoms with Crippen LogP contribution in [0.25, 0.3) is 0 Å². The summed E-state index contributed by atoms with van der Waals surface area (Å²) in [5.41, 5.74) is 0. The summed E-state index contributed by atoms with van der Waals surface area (Å²) in [6.07, 6.45) is 2.43. The molecule has 0 saturated carbocycles. The van der Waals surface area contributed by atoms with Gasteiger partial charge in [0.05, 0.1) is 0 Å². The van der Waals surface area contributed by atoms with Crippen LogP contribution in [0, 0.1) is 5.75 Å². The first-order valence-corrected chi connectivity index (χ1v) is 2.98. The van der Waals surface area contributed by atoms with E-state index in [1.807, 2.05) is 0 Å². The second-order valence-corrected chi connectivity index (χ2v) is 1.62. The number of rotatable bonds is 3. The van der Waals surface area contributed by atoms with Crippen molar-refractivity contribution in [3.63, 3.8) is 0 Å². The van der Waals surface area contributed by atoms with E-state index >= 15 is 0 Å². The third kappa shape index (κ3) is 6.17. The molecule has 0 aromatic carbocycles. The van der Waals surface area contributed by atoms with Gasteiger partial charge in [0.1, 0.15) is 0 Å². The molecule has 0 heterocycles. The Morgan fingerprint density at radius 2 is 2.43 bits per heavy atom. The van der Waals surface area contributed by atoms with E-state index in [1.165, 1.54) is 12.8 Å². The molecular formula is C5H10NP. The molecule has 0 aliphatic rings. The number of hydrogen-bond acceptors (Lipinski definition) is 1. The molecule has 2 heteroatoms. The molecular weight excluding hydrogens is 105 g/mol. The quantitative estimate of drug-likeness (QED) is 0.335. The van der Waals surface area contributed by atoms with Crippen LogP contribution >= 0.6 is 8.70 Å². The average Bonchev–Trinajstić information content (AvgIpc) is 1.69. The molecule has 0 fully saturated rings.